The van der Waals surface area contributed by atoms with Crippen LogP contribution in [0.15, 0.2) is 0 Å². The summed E-state index contributed by atoms with van der Waals surface area (Å²) in [4.78, 5) is 2.33. The predicted octanol–water partition coefficient (Wildman–Crippen LogP) is 1.85. The van der Waals surface area contributed by atoms with Gasteiger partial charge in [0.25, 0.3) is 0 Å². The van der Waals surface area contributed by atoms with Crippen molar-refractivity contribution in [2.24, 2.45) is 0 Å². The minimum Gasteiger partial charge on any atom is -0.384 e. The Bertz CT molecular complexity index is 730. The third-order valence-electron chi connectivity index (χ3n) is 4.78. The van der Waals surface area contributed by atoms with E-state index in [2.05, 4.69) is 11.0 Å². The minimum atomic E-state index is -0.299. The van der Waals surface area contributed by atoms with E-state index in [1.54, 1.807) is 0 Å². The number of morpholine rings is 1. The van der Waals surface area contributed by atoms with Gasteiger partial charge in [0, 0.05) is 38.2 Å². The first-order valence-electron chi connectivity index (χ1n) is 8.31. The van der Waals surface area contributed by atoms with Crippen LogP contribution in [0, 0.1) is 16.0 Å². The number of fused-ring (bicyclic) bond motifs is 1. The van der Waals surface area contributed by atoms with Gasteiger partial charge in [-0.15, -0.1) is 0 Å². The van der Waals surface area contributed by atoms with Crippen molar-refractivity contribution in [3.8, 4) is 6.07 Å². The summed E-state index contributed by atoms with van der Waals surface area (Å²) in [5.74, 6) is 0.479. The van der Waals surface area contributed by atoms with Gasteiger partial charge in [-0.1, -0.05) is 12.2 Å². The molecule has 0 aliphatic carbocycles. The highest BCUT2D eigenvalue weighted by Gasteiger charge is 2.31. The van der Waals surface area contributed by atoms with Crippen LogP contribution in [0.1, 0.15) is 30.5 Å². The molecule has 7 heteroatoms. The molecule has 1 aromatic rings. The molecule has 2 N–H and O–H groups in total. The summed E-state index contributed by atoms with van der Waals surface area (Å²) in [6.07, 6.45) is 0.656. The van der Waals surface area contributed by atoms with Crippen molar-refractivity contribution < 1.29 is 9.47 Å². The normalized spacial score (nSPS) is 20.4. The molecular formula is C17H24N4O2S. The van der Waals surface area contributed by atoms with Crippen LogP contribution < -0.4 is 5.73 Å². The van der Waals surface area contributed by atoms with Gasteiger partial charge in [-0.25, -0.2) is 0 Å². The number of aromatic nitrogens is 1. The van der Waals surface area contributed by atoms with E-state index in [1.807, 2.05) is 18.4 Å². The number of nitrogens with zero attached hydrogens (tertiary/aromatic N) is 3. The maximum absolute atomic E-state index is 9.63. The molecule has 24 heavy (non-hydrogen) atoms. The van der Waals surface area contributed by atoms with E-state index in [4.69, 9.17) is 27.4 Å². The second kappa shape index (κ2) is 6.81. The molecule has 0 saturated carbocycles. The molecule has 0 radical (unpaired) electrons. The first-order chi connectivity index (χ1) is 11.4. The van der Waals surface area contributed by atoms with Crippen LogP contribution >= 0.6 is 12.2 Å². The Balaban J connectivity index is 1.93. The zero-order valence-electron chi connectivity index (χ0n) is 14.3. The molecule has 1 aromatic heterocycles. The first kappa shape index (κ1) is 17.4. The molecule has 3 heterocycles. The van der Waals surface area contributed by atoms with Crippen molar-refractivity contribution in [3.05, 3.63) is 21.3 Å². The quantitative estimate of drug-likeness (QED) is 0.840. The van der Waals surface area contributed by atoms with E-state index in [0.717, 1.165) is 44.0 Å². The van der Waals surface area contributed by atoms with E-state index in [9.17, 15) is 5.26 Å². The van der Waals surface area contributed by atoms with Gasteiger partial charge >= 0.3 is 0 Å². The molecule has 3 rings (SSSR count). The molecule has 0 amide bonds. The second-order valence-corrected chi connectivity index (χ2v) is 7.35. The SMILES string of the molecule is CC1(C)Cc2c(C#N)c(N)n(CCN3CCOCC3)c(=S)c2CO1. The maximum Gasteiger partial charge on any atom is 0.122 e. The Morgan fingerprint density at radius 1 is 1.25 bits per heavy atom. The van der Waals surface area contributed by atoms with Crippen molar-refractivity contribution in [1.29, 1.82) is 5.26 Å². The van der Waals surface area contributed by atoms with E-state index in [1.165, 1.54) is 0 Å². The summed E-state index contributed by atoms with van der Waals surface area (Å²) >= 11 is 5.67. The maximum atomic E-state index is 9.63. The highest BCUT2D eigenvalue weighted by atomic mass is 32.1. The van der Waals surface area contributed by atoms with Gasteiger partial charge in [0.1, 0.15) is 16.5 Å². The summed E-state index contributed by atoms with van der Waals surface area (Å²) < 4.78 is 13.9. The molecule has 0 unspecified atom stereocenters. The number of anilines is 1. The molecule has 2 aliphatic rings. The number of nitrogens with two attached hydrogens (primary N) is 1. The zero-order valence-corrected chi connectivity index (χ0v) is 15.1. The summed E-state index contributed by atoms with van der Waals surface area (Å²) in [6.45, 7) is 9.36. The van der Waals surface area contributed by atoms with Gasteiger partial charge in [0.05, 0.1) is 31.0 Å². The highest BCUT2D eigenvalue weighted by molar-refractivity contribution is 7.71. The predicted molar refractivity (Wildman–Crippen MR) is 94.2 cm³/mol. The number of hydrogen-bond donors (Lipinski definition) is 1. The third kappa shape index (κ3) is 3.33. The van der Waals surface area contributed by atoms with Gasteiger partial charge in [-0.3, -0.25) is 4.90 Å². The molecule has 0 spiro atoms. The molecule has 1 fully saturated rings. The molecule has 0 bridgehead atoms. The van der Waals surface area contributed by atoms with Crippen molar-refractivity contribution >= 4 is 18.0 Å². The van der Waals surface area contributed by atoms with Gasteiger partial charge in [-0.2, -0.15) is 5.26 Å². The largest absolute Gasteiger partial charge is 0.384 e. The molecule has 1 saturated heterocycles. The van der Waals surface area contributed by atoms with E-state index in [0.29, 0.717) is 35.6 Å². The molecule has 0 aromatic carbocycles. The number of rotatable bonds is 3. The molecule has 2 aliphatic heterocycles. The number of nitrogen functional groups attached to an aromatic ring is 1. The van der Waals surface area contributed by atoms with Crippen molar-refractivity contribution in [1.82, 2.24) is 9.47 Å². The van der Waals surface area contributed by atoms with Crippen molar-refractivity contribution in [3.63, 3.8) is 0 Å². The van der Waals surface area contributed by atoms with Crippen LogP contribution in [0.4, 0.5) is 5.82 Å². The number of hydrogen-bond acceptors (Lipinski definition) is 6. The van der Waals surface area contributed by atoms with Crippen LogP contribution in [-0.4, -0.2) is 47.9 Å². The topological polar surface area (TPSA) is 76.4 Å². The lowest BCUT2D eigenvalue weighted by atomic mass is 9.89. The summed E-state index contributed by atoms with van der Waals surface area (Å²) in [6, 6.07) is 2.29. The van der Waals surface area contributed by atoms with E-state index < -0.39 is 0 Å². The fourth-order valence-electron chi connectivity index (χ4n) is 3.34. The number of pyridine rings is 1. The number of nitriles is 1. The lowest BCUT2D eigenvalue weighted by molar-refractivity contribution is -0.0407. The average Bonchev–Trinajstić information content (AvgIpc) is 2.55. The van der Waals surface area contributed by atoms with Gasteiger partial charge in [0.2, 0.25) is 0 Å². The van der Waals surface area contributed by atoms with Crippen LogP contribution in [-0.2, 0) is 29.0 Å². The fraction of sp³-hybridized carbons (Fsp3) is 0.647. The summed E-state index contributed by atoms with van der Waals surface area (Å²) in [7, 11) is 0. The van der Waals surface area contributed by atoms with E-state index in [-0.39, 0.29) is 5.60 Å². The Hall–Kier alpha value is -1.46. The van der Waals surface area contributed by atoms with Gasteiger partial charge in [0.15, 0.2) is 0 Å². The van der Waals surface area contributed by atoms with Gasteiger partial charge < -0.3 is 19.8 Å². The molecule has 0 atom stereocenters. The van der Waals surface area contributed by atoms with Crippen LogP contribution in [0.2, 0.25) is 0 Å². The molecular weight excluding hydrogens is 324 g/mol. The fourth-order valence-corrected chi connectivity index (χ4v) is 3.71. The highest BCUT2D eigenvalue weighted by Crippen LogP contribution is 2.33. The average molecular weight is 348 g/mol. The second-order valence-electron chi connectivity index (χ2n) is 6.97. The Morgan fingerprint density at radius 2 is 1.96 bits per heavy atom. The van der Waals surface area contributed by atoms with Crippen molar-refractivity contribution in [2.45, 2.75) is 39.0 Å². The Labute approximate surface area is 147 Å². The Morgan fingerprint density at radius 3 is 2.62 bits per heavy atom. The first-order valence-corrected chi connectivity index (χ1v) is 8.72. The van der Waals surface area contributed by atoms with Crippen LogP contribution in [0.25, 0.3) is 0 Å². The Kier molecular flexibility index (Phi) is 4.92. The van der Waals surface area contributed by atoms with Gasteiger partial charge in [-0.05, 0) is 19.4 Å². The number of ether oxygens (including phenoxy) is 2. The molecule has 6 nitrogen and oxygen atoms in total. The third-order valence-corrected chi connectivity index (χ3v) is 5.25. The van der Waals surface area contributed by atoms with Crippen LogP contribution in [0.3, 0.4) is 0 Å². The van der Waals surface area contributed by atoms with Crippen LogP contribution in [0.5, 0.6) is 0 Å². The summed E-state index contributed by atoms with van der Waals surface area (Å²) in [5, 5.41) is 9.63. The lowest BCUT2D eigenvalue weighted by Crippen LogP contribution is -2.39. The smallest absolute Gasteiger partial charge is 0.122 e. The van der Waals surface area contributed by atoms with E-state index >= 15 is 0 Å². The van der Waals surface area contributed by atoms with Crippen molar-refractivity contribution in [2.75, 3.05) is 38.6 Å². The minimum absolute atomic E-state index is 0.299. The lowest BCUT2D eigenvalue weighted by Gasteiger charge is -2.34. The zero-order chi connectivity index (χ0) is 17.3. The standard InChI is InChI=1S/C17H24N4O2S/c1-17(2)9-12-13(10-18)15(19)21(16(24)14(12)11-23-17)4-3-20-5-7-22-8-6-20/h3-9,11,19H2,1-2H3. The monoisotopic (exact) mass is 348 g/mol. The summed E-state index contributed by atoms with van der Waals surface area (Å²) in [5.41, 5.74) is 8.47. The molecule has 130 valence electrons.